The number of primary amides is 1. The molecule has 0 aromatic rings. The molecule has 5 heteroatoms. The van der Waals surface area contributed by atoms with Crippen molar-refractivity contribution >= 4 is 5.91 Å². The number of rotatable bonds is 6. The van der Waals surface area contributed by atoms with E-state index in [2.05, 4.69) is 23.6 Å². The van der Waals surface area contributed by atoms with Crippen LogP contribution in [0.4, 0.5) is 0 Å². The molecule has 5 nitrogen and oxygen atoms in total. The summed E-state index contributed by atoms with van der Waals surface area (Å²) >= 11 is 0. The molecule has 0 bridgehead atoms. The van der Waals surface area contributed by atoms with Gasteiger partial charge in [-0.25, -0.2) is 0 Å². The standard InChI is InChI=1S/C12H25N3O2/c1-4-14(5-2)6-7-15-8-10(3)17-11(9-15)12(13)16/h10-11H,4-9H2,1-3H3,(H2,13,16)/t10-,11+/m1/s1. The fourth-order valence-electron chi connectivity index (χ4n) is 2.20. The predicted octanol–water partition coefficient (Wildman–Crippen LogP) is -0.0972. The first-order valence-corrected chi connectivity index (χ1v) is 6.46. The zero-order chi connectivity index (χ0) is 12.8. The number of likely N-dealkylation sites (N-methyl/N-ethyl adjacent to an activating group) is 1. The zero-order valence-electron chi connectivity index (χ0n) is 11.2. The number of carbonyl (C=O) groups is 1. The average molecular weight is 243 g/mol. The number of nitrogens with zero attached hydrogens (tertiary/aromatic N) is 2. The number of nitrogens with two attached hydrogens (primary N) is 1. The number of ether oxygens (including phenoxy) is 1. The van der Waals surface area contributed by atoms with E-state index in [1.807, 2.05) is 6.92 Å². The van der Waals surface area contributed by atoms with Gasteiger partial charge in [0.15, 0.2) is 0 Å². The summed E-state index contributed by atoms with van der Waals surface area (Å²) in [6.07, 6.45) is -0.367. The van der Waals surface area contributed by atoms with Gasteiger partial charge in [-0.1, -0.05) is 13.8 Å². The Labute approximate surface area is 104 Å². The lowest BCUT2D eigenvalue weighted by atomic mass is 10.2. The lowest BCUT2D eigenvalue weighted by molar-refractivity contribution is -0.142. The minimum Gasteiger partial charge on any atom is -0.367 e. The van der Waals surface area contributed by atoms with Gasteiger partial charge in [0.1, 0.15) is 6.10 Å². The molecule has 0 spiro atoms. The summed E-state index contributed by atoms with van der Waals surface area (Å²) in [6.45, 7) is 12.0. The minimum atomic E-state index is -0.449. The monoisotopic (exact) mass is 243 g/mol. The van der Waals surface area contributed by atoms with Crippen molar-refractivity contribution in [2.24, 2.45) is 5.73 Å². The Hall–Kier alpha value is -0.650. The lowest BCUT2D eigenvalue weighted by Gasteiger charge is -2.36. The smallest absolute Gasteiger partial charge is 0.247 e. The van der Waals surface area contributed by atoms with Gasteiger partial charge in [-0.2, -0.15) is 0 Å². The Balaban J connectivity index is 2.39. The lowest BCUT2D eigenvalue weighted by Crippen LogP contribution is -2.52. The third kappa shape index (κ3) is 4.61. The van der Waals surface area contributed by atoms with Gasteiger partial charge in [-0.3, -0.25) is 9.69 Å². The molecule has 0 radical (unpaired) electrons. The highest BCUT2D eigenvalue weighted by atomic mass is 16.5. The maximum absolute atomic E-state index is 11.2. The Morgan fingerprint density at radius 1 is 1.41 bits per heavy atom. The summed E-state index contributed by atoms with van der Waals surface area (Å²) in [5, 5.41) is 0. The third-order valence-corrected chi connectivity index (χ3v) is 3.28. The fraction of sp³-hybridized carbons (Fsp3) is 0.917. The van der Waals surface area contributed by atoms with Crippen LogP contribution in [0.3, 0.4) is 0 Å². The van der Waals surface area contributed by atoms with Crippen molar-refractivity contribution in [3.8, 4) is 0 Å². The summed E-state index contributed by atoms with van der Waals surface area (Å²) in [4.78, 5) is 15.8. The van der Waals surface area contributed by atoms with Crippen molar-refractivity contribution in [2.75, 3.05) is 39.3 Å². The Morgan fingerprint density at radius 3 is 2.59 bits per heavy atom. The SMILES string of the molecule is CCN(CC)CCN1C[C@@H](C)O[C@H](C(N)=O)C1. The normalized spacial score (nSPS) is 26.4. The number of morpholine rings is 1. The van der Waals surface area contributed by atoms with E-state index < -0.39 is 6.10 Å². The summed E-state index contributed by atoms with van der Waals surface area (Å²) in [6, 6.07) is 0. The number of amides is 1. The van der Waals surface area contributed by atoms with Gasteiger partial charge in [-0.05, 0) is 20.0 Å². The molecule has 0 aromatic carbocycles. The van der Waals surface area contributed by atoms with E-state index in [1.165, 1.54) is 0 Å². The third-order valence-electron chi connectivity index (χ3n) is 3.28. The second-order valence-electron chi connectivity index (χ2n) is 4.62. The molecular weight excluding hydrogens is 218 g/mol. The van der Waals surface area contributed by atoms with Gasteiger partial charge in [-0.15, -0.1) is 0 Å². The molecule has 1 heterocycles. The highest BCUT2D eigenvalue weighted by Gasteiger charge is 2.28. The van der Waals surface area contributed by atoms with E-state index in [0.29, 0.717) is 6.54 Å². The molecule has 0 aromatic heterocycles. The summed E-state index contributed by atoms with van der Waals surface area (Å²) in [5.74, 6) is -0.357. The summed E-state index contributed by atoms with van der Waals surface area (Å²) in [7, 11) is 0. The largest absolute Gasteiger partial charge is 0.367 e. The van der Waals surface area contributed by atoms with E-state index in [9.17, 15) is 4.79 Å². The topological polar surface area (TPSA) is 58.8 Å². The van der Waals surface area contributed by atoms with Crippen LogP contribution in [0.15, 0.2) is 0 Å². The Morgan fingerprint density at radius 2 is 2.06 bits per heavy atom. The number of carbonyl (C=O) groups excluding carboxylic acids is 1. The second-order valence-corrected chi connectivity index (χ2v) is 4.62. The van der Waals surface area contributed by atoms with E-state index >= 15 is 0 Å². The van der Waals surface area contributed by atoms with Gasteiger partial charge >= 0.3 is 0 Å². The predicted molar refractivity (Wildman–Crippen MR) is 67.8 cm³/mol. The average Bonchev–Trinajstić information content (AvgIpc) is 2.29. The Kier molecular flexibility index (Phi) is 5.88. The Bertz CT molecular complexity index is 244. The van der Waals surface area contributed by atoms with Crippen LogP contribution in [0.25, 0.3) is 0 Å². The summed E-state index contributed by atoms with van der Waals surface area (Å²) in [5.41, 5.74) is 5.30. The van der Waals surface area contributed by atoms with Gasteiger partial charge in [0.25, 0.3) is 0 Å². The van der Waals surface area contributed by atoms with E-state index in [1.54, 1.807) is 0 Å². The summed E-state index contributed by atoms with van der Waals surface area (Å²) < 4.78 is 5.51. The van der Waals surface area contributed by atoms with Crippen molar-refractivity contribution in [1.29, 1.82) is 0 Å². The second kappa shape index (κ2) is 6.93. The van der Waals surface area contributed by atoms with Crippen molar-refractivity contribution in [3.05, 3.63) is 0 Å². The van der Waals surface area contributed by atoms with Crippen molar-refractivity contribution in [3.63, 3.8) is 0 Å². The molecule has 1 saturated heterocycles. The first-order chi connectivity index (χ1) is 8.06. The molecule has 1 fully saturated rings. The molecule has 1 rings (SSSR count). The molecule has 0 saturated carbocycles. The molecule has 2 atom stereocenters. The first kappa shape index (κ1) is 14.4. The quantitative estimate of drug-likeness (QED) is 0.708. The highest BCUT2D eigenvalue weighted by Crippen LogP contribution is 2.10. The van der Waals surface area contributed by atoms with E-state index in [4.69, 9.17) is 10.5 Å². The van der Waals surface area contributed by atoms with Crippen LogP contribution in [0, 0.1) is 0 Å². The highest BCUT2D eigenvalue weighted by molar-refractivity contribution is 5.79. The molecule has 0 aliphatic carbocycles. The molecule has 0 unspecified atom stereocenters. The van der Waals surface area contributed by atoms with Crippen molar-refractivity contribution < 1.29 is 9.53 Å². The number of hydrogen-bond acceptors (Lipinski definition) is 4. The maximum atomic E-state index is 11.2. The van der Waals surface area contributed by atoms with E-state index in [-0.39, 0.29) is 12.0 Å². The molecule has 17 heavy (non-hydrogen) atoms. The van der Waals surface area contributed by atoms with Crippen LogP contribution in [0.5, 0.6) is 0 Å². The molecule has 100 valence electrons. The van der Waals surface area contributed by atoms with Crippen LogP contribution >= 0.6 is 0 Å². The van der Waals surface area contributed by atoms with Crippen LogP contribution < -0.4 is 5.73 Å². The van der Waals surface area contributed by atoms with Crippen LogP contribution in [-0.4, -0.2) is 67.2 Å². The molecule has 2 N–H and O–H groups in total. The van der Waals surface area contributed by atoms with Crippen molar-refractivity contribution in [1.82, 2.24) is 9.80 Å². The van der Waals surface area contributed by atoms with Gasteiger partial charge < -0.3 is 15.4 Å². The molecule has 1 aliphatic heterocycles. The fourth-order valence-corrected chi connectivity index (χ4v) is 2.20. The zero-order valence-corrected chi connectivity index (χ0v) is 11.2. The van der Waals surface area contributed by atoms with Gasteiger partial charge in [0.2, 0.25) is 5.91 Å². The van der Waals surface area contributed by atoms with Crippen molar-refractivity contribution in [2.45, 2.75) is 33.0 Å². The van der Waals surface area contributed by atoms with Crippen LogP contribution in [0.2, 0.25) is 0 Å². The molecular formula is C12H25N3O2. The maximum Gasteiger partial charge on any atom is 0.247 e. The minimum absolute atomic E-state index is 0.0814. The molecule has 1 aliphatic rings. The van der Waals surface area contributed by atoms with Crippen LogP contribution in [-0.2, 0) is 9.53 Å². The van der Waals surface area contributed by atoms with Crippen LogP contribution in [0.1, 0.15) is 20.8 Å². The molecule has 1 amide bonds. The number of hydrogen-bond donors (Lipinski definition) is 1. The van der Waals surface area contributed by atoms with Gasteiger partial charge in [0.05, 0.1) is 6.10 Å². The first-order valence-electron chi connectivity index (χ1n) is 6.46. The van der Waals surface area contributed by atoms with Gasteiger partial charge in [0, 0.05) is 26.2 Å². The van der Waals surface area contributed by atoms with E-state index in [0.717, 1.165) is 32.7 Å².